The van der Waals surface area contributed by atoms with E-state index < -0.39 is 0 Å². The number of hydrogen-bond acceptors (Lipinski definition) is 3. The van der Waals surface area contributed by atoms with Crippen LogP contribution in [0.1, 0.15) is 12.0 Å². The number of methoxy groups -OCH3 is 1. The molecule has 1 amide bonds. The Hall–Kier alpha value is -2.33. The number of likely N-dealkylation sites (tertiary alicyclic amines) is 1. The third-order valence-corrected chi connectivity index (χ3v) is 4.25. The van der Waals surface area contributed by atoms with Gasteiger partial charge in [-0.3, -0.25) is 9.69 Å². The molecule has 4 heteroatoms. The number of carbonyl (C=O) groups is 1. The molecule has 0 aromatic heterocycles. The van der Waals surface area contributed by atoms with E-state index in [9.17, 15) is 4.79 Å². The minimum atomic E-state index is 0.0563. The molecule has 3 rings (SSSR count). The Morgan fingerprint density at radius 2 is 1.91 bits per heavy atom. The summed E-state index contributed by atoms with van der Waals surface area (Å²) in [5.74, 6) is 0.949. The van der Waals surface area contributed by atoms with Crippen molar-refractivity contribution in [1.29, 1.82) is 0 Å². The largest absolute Gasteiger partial charge is 0.497 e. The number of amides is 1. The van der Waals surface area contributed by atoms with Crippen molar-refractivity contribution in [3.05, 3.63) is 60.2 Å². The molecule has 0 radical (unpaired) electrons. The van der Waals surface area contributed by atoms with Gasteiger partial charge in [-0.15, -0.1) is 0 Å². The van der Waals surface area contributed by atoms with Crippen LogP contribution in [0.5, 0.6) is 5.75 Å². The predicted octanol–water partition coefficient (Wildman–Crippen LogP) is 3.16. The molecule has 1 unspecified atom stereocenters. The van der Waals surface area contributed by atoms with E-state index in [4.69, 9.17) is 4.74 Å². The molecular weight excluding hydrogens is 288 g/mol. The van der Waals surface area contributed by atoms with Gasteiger partial charge in [0.05, 0.1) is 13.0 Å². The highest BCUT2D eigenvalue weighted by Crippen LogP contribution is 2.21. The van der Waals surface area contributed by atoms with E-state index >= 15 is 0 Å². The number of benzene rings is 2. The lowest BCUT2D eigenvalue weighted by molar-refractivity contribution is -0.119. The van der Waals surface area contributed by atoms with Crippen LogP contribution in [-0.2, 0) is 11.3 Å². The van der Waals surface area contributed by atoms with E-state index in [1.165, 1.54) is 5.56 Å². The lowest BCUT2D eigenvalue weighted by atomic mass is 10.1. The summed E-state index contributed by atoms with van der Waals surface area (Å²) in [6.45, 7) is 2.69. The van der Waals surface area contributed by atoms with Crippen LogP contribution in [0, 0.1) is 5.92 Å². The fourth-order valence-corrected chi connectivity index (χ4v) is 2.95. The summed E-state index contributed by atoms with van der Waals surface area (Å²) >= 11 is 0. The maximum absolute atomic E-state index is 12.4. The van der Waals surface area contributed by atoms with Crippen LogP contribution < -0.4 is 10.1 Å². The zero-order valence-corrected chi connectivity index (χ0v) is 13.4. The number of ether oxygens (including phenoxy) is 1. The van der Waals surface area contributed by atoms with Crippen LogP contribution in [0.25, 0.3) is 0 Å². The Morgan fingerprint density at radius 3 is 2.61 bits per heavy atom. The first-order valence-corrected chi connectivity index (χ1v) is 7.96. The Kier molecular flexibility index (Phi) is 4.93. The molecule has 4 nitrogen and oxygen atoms in total. The van der Waals surface area contributed by atoms with E-state index in [0.29, 0.717) is 0 Å². The maximum Gasteiger partial charge on any atom is 0.228 e. The van der Waals surface area contributed by atoms with Crippen LogP contribution in [0.2, 0.25) is 0 Å². The van der Waals surface area contributed by atoms with Crippen molar-refractivity contribution in [2.75, 3.05) is 25.5 Å². The van der Waals surface area contributed by atoms with Crippen molar-refractivity contribution in [3.8, 4) is 5.75 Å². The number of rotatable bonds is 5. The molecule has 2 aromatic rings. The van der Waals surface area contributed by atoms with Gasteiger partial charge in [-0.25, -0.2) is 0 Å². The van der Waals surface area contributed by atoms with Crippen LogP contribution in [0.3, 0.4) is 0 Å². The fourth-order valence-electron chi connectivity index (χ4n) is 2.95. The molecule has 23 heavy (non-hydrogen) atoms. The van der Waals surface area contributed by atoms with E-state index in [1.807, 2.05) is 30.3 Å². The minimum absolute atomic E-state index is 0.0563. The van der Waals surface area contributed by atoms with E-state index in [2.05, 4.69) is 34.5 Å². The van der Waals surface area contributed by atoms with Crippen LogP contribution >= 0.6 is 0 Å². The lowest BCUT2D eigenvalue weighted by Gasteiger charge is -2.16. The molecule has 2 aromatic carbocycles. The standard InChI is InChI=1S/C19H22N2O2/c1-23-18-9-7-17(8-10-18)20-19(22)16-11-12-21(14-16)13-15-5-3-2-4-6-15/h2-10,16H,11-14H2,1H3,(H,20,22). The van der Waals surface area contributed by atoms with Crippen molar-refractivity contribution in [3.63, 3.8) is 0 Å². The predicted molar refractivity (Wildman–Crippen MR) is 91.4 cm³/mol. The molecular formula is C19H22N2O2. The van der Waals surface area contributed by atoms with E-state index in [0.717, 1.165) is 37.5 Å². The van der Waals surface area contributed by atoms with Crippen molar-refractivity contribution in [1.82, 2.24) is 4.90 Å². The number of nitrogens with zero attached hydrogens (tertiary/aromatic N) is 1. The zero-order valence-electron chi connectivity index (χ0n) is 13.4. The molecule has 0 bridgehead atoms. The summed E-state index contributed by atoms with van der Waals surface area (Å²) < 4.78 is 5.13. The highest BCUT2D eigenvalue weighted by molar-refractivity contribution is 5.92. The van der Waals surface area contributed by atoms with Gasteiger partial charge in [0.25, 0.3) is 0 Å². The van der Waals surface area contributed by atoms with Gasteiger partial charge in [0.15, 0.2) is 0 Å². The molecule has 1 heterocycles. The number of hydrogen-bond donors (Lipinski definition) is 1. The van der Waals surface area contributed by atoms with E-state index in [1.54, 1.807) is 7.11 Å². The van der Waals surface area contributed by atoms with Gasteiger partial charge in [0, 0.05) is 18.8 Å². The van der Waals surface area contributed by atoms with E-state index in [-0.39, 0.29) is 11.8 Å². The maximum atomic E-state index is 12.4. The molecule has 120 valence electrons. The van der Waals surface area contributed by atoms with Gasteiger partial charge in [-0.1, -0.05) is 30.3 Å². The SMILES string of the molecule is COc1ccc(NC(=O)C2CCN(Cc3ccccc3)C2)cc1. The topological polar surface area (TPSA) is 41.6 Å². The van der Waals surface area contributed by atoms with Gasteiger partial charge < -0.3 is 10.1 Å². The van der Waals surface area contributed by atoms with Gasteiger partial charge in [0.1, 0.15) is 5.75 Å². The third kappa shape index (κ3) is 4.11. The Bertz CT molecular complexity index is 640. The van der Waals surface area contributed by atoms with Gasteiger partial charge in [0.2, 0.25) is 5.91 Å². The second-order valence-electron chi connectivity index (χ2n) is 5.92. The molecule has 1 fully saturated rings. The molecule has 1 aliphatic rings. The third-order valence-electron chi connectivity index (χ3n) is 4.25. The Morgan fingerprint density at radius 1 is 1.17 bits per heavy atom. The molecule has 1 aliphatic heterocycles. The Labute approximate surface area is 137 Å². The molecule has 0 aliphatic carbocycles. The normalized spacial score (nSPS) is 17.9. The second-order valence-corrected chi connectivity index (χ2v) is 5.92. The smallest absolute Gasteiger partial charge is 0.228 e. The van der Waals surface area contributed by atoms with Crippen molar-refractivity contribution < 1.29 is 9.53 Å². The first kappa shape index (κ1) is 15.6. The van der Waals surface area contributed by atoms with Crippen LogP contribution in [0.4, 0.5) is 5.69 Å². The van der Waals surface area contributed by atoms with Crippen molar-refractivity contribution in [2.24, 2.45) is 5.92 Å². The molecule has 1 atom stereocenters. The van der Waals surface area contributed by atoms with Crippen LogP contribution in [-0.4, -0.2) is 31.0 Å². The van der Waals surface area contributed by atoms with Crippen LogP contribution in [0.15, 0.2) is 54.6 Å². The average molecular weight is 310 g/mol. The summed E-state index contributed by atoms with van der Waals surface area (Å²) in [4.78, 5) is 14.7. The van der Waals surface area contributed by atoms with Crippen molar-refractivity contribution >= 4 is 11.6 Å². The van der Waals surface area contributed by atoms with Crippen molar-refractivity contribution in [2.45, 2.75) is 13.0 Å². The number of anilines is 1. The summed E-state index contributed by atoms with van der Waals surface area (Å²) in [5, 5.41) is 3.00. The van der Waals surface area contributed by atoms with Gasteiger partial charge in [-0.2, -0.15) is 0 Å². The fraction of sp³-hybridized carbons (Fsp3) is 0.316. The number of carbonyl (C=O) groups excluding carboxylic acids is 1. The lowest BCUT2D eigenvalue weighted by Crippen LogP contribution is -2.26. The minimum Gasteiger partial charge on any atom is -0.497 e. The monoisotopic (exact) mass is 310 g/mol. The number of nitrogens with one attached hydrogen (secondary N) is 1. The average Bonchev–Trinajstić information content (AvgIpc) is 3.05. The molecule has 0 spiro atoms. The molecule has 0 saturated carbocycles. The van der Waals surface area contributed by atoms with Gasteiger partial charge in [-0.05, 0) is 42.8 Å². The zero-order chi connectivity index (χ0) is 16.1. The second kappa shape index (κ2) is 7.29. The summed E-state index contributed by atoms with van der Waals surface area (Å²) in [6.07, 6.45) is 0.912. The van der Waals surface area contributed by atoms with Gasteiger partial charge >= 0.3 is 0 Å². The summed E-state index contributed by atoms with van der Waals surface area (Å²) in [5.41, 5.74) is 2.11. The first-order valence-electron chi connectivity index (χ1n) is 7.96. The Balaban J connectivity index is 1.52. The molecule has 1 saturated heterocycles. The summed E-state index contributed by atoms with van der Waals surface area (Å²) in [6, 6.07) is 17.8. The molecule has 1 N–H and O–H groups in total. The highest BCUT2D eigenvalue weighted by atomic mass is 16.5. The quantitative estimate of drug-likeness (QED) is 0.922. The summed E-state index contributed by atoms with van der Waals surface area (Å²) in [7, 11) is 1.63. The first-order chi connectivity index (χ1) is 11.2. The highest BCUT2D eigenvalue weighted by Gasteiger charge is 2.28.